The van der Waals surface area contributed by atoms with Gasteiger partial charge in [0, 0.05) is 13.0 Å². The van der Waals surface area contributed by atoms with Gasteiger partial charge in [-0.1, -0.05) is 37.3 Å². The first kappa shape index (κ1) is 15.0. The van der Waals surface area contributed by atoms with Crippen molar-refractivity contribution in [3.05, 3.63) is 35.9 Å². The van der Waals surface area contributed by atoms with Crippen LogP contribution in [0, 0.1) is 5.92 Å². The van der Waals surface area contributed by atoms with Crippen molar-refractivity contribution in [1.82, 2.24) is 10.6 Å². The van der Waals surface area contributed by atoms with Crippen LogP contribution in [0.15, 0.2) is 30.3 Å². The molecule has 0 spiro atoms. The number of amides is 1. The second-order valence-electron chi connectivity index (χ2n) is 5.72. The average Bonchev–Trinajstić information content (AvgIpc) is 2.99. The van der Waals surface area contributed by atoms with E-state index < -0.39 is 0 Å². The van der Waals surface area contributed by atoms with Crippen LogP contribution >= 0.6 is 0 Å². The molecule has 110 valence electrons. The van der Waals surface area contributed by atoms with E-state index in [0.29, 0.717) is 12.3 Å². The van der Waals surface area contributed by atoms with Crippen LogP contribution in [0.2, 0.25) is 0 Å². The lowest BCUT2D eigenvalue weighted by Gasteiger charge is -2.15. The summed E-state index contributed by atoms with van der Waals surface area (Å²) in [5.74, 6) is 1.27. The monoisotopic (exact) mass is 274 g/mol. The molecule has 0 aromatic heterocycles. The summed E-state index contributed by atoms with van der Waals surface area (Å²) in [6, 6.07) is 10.3. The fourth-order valence-corrected chi connectivity index (χ4v) is 2.90. The molecule has 0 bridgehead atoms. The molecule has 1 aliphatic heterocycles. The highest BCUT2D eigenvalue weighted by Gasteiger charge is 2.16. The summed E-state index contributed by atoms with van der Waals surface area (Å²) in [5.41, 5.74) is 1.27. The molecule has 1 aromatic rings. The third kappa shape index (κ3) is 4.64. The molecule has 1 fully saturated rings. The van der Waals surface area contributed by atoms with Gasteiger partial charge >= 0.3 is 0 Å². The van der Waals surface area contributed by atoms with E-state index in [0.717, 1.165) is 38.4 Å². The van der Waals surface area contributed by atoms with Gasteiger partial charge in [-0.15, -0.1) is 0 Å². The molecule has 0 saturated carbocycles. The van der Waals surface area contributed by atoms with Crippen molar-refractivity contribution in [2.24, 2.45) is 5.92 Å². The standard InChI is InChI=1S/C17H26N2O/c1-2-15(16-6-4-3-5-7-16)12-17(20)19-11-9-14-8-10-18-13-14/h3-7,14-15,18H,2,8-13H2,1H3,(H,19,20). The zero-order valence-corrected chi connectivity index (χ0v) is 12.4. The molecule has 2 unspecified atom stereocenters. The Bertz CT molecular complexity index is 399. The molecule has 2 atom stereocenters. The normalized spacial score (nSPS) is 19.8. The molecule has 20 heavy (non-hydrogen) atoms. The van der Waals surface area contributed by atoms with Crippen LogP contribution in [-0.4, -0.2) is 25.5 Å². The Labute approximate surface area is 122 Å². The Morgan fingerprint density at radius 1 is 1.40 bits per heavy atom. The van der Waals surface area contributed by atoms with E-state index in [2.05, 4.69) is 29.7 Å². The Morgan fingerprint density at radius 2 is 2.20 bits per heavy atom. The molecule has 3 nitrogen and oxygen atoms in total. The van der Waals surface area contributed by atoms with Gasteiger partial charge in [0.2, 0.25) is 5.91 Å². The lowest BCUT2D eigenvalue weighted by molar-refractivity contribution is -0.121. The lowest BCUT2D eigenvalue weighted by Crippen LogP contribution is -2.27. The SMILES string of the molecule is CCC(CC(=O)NCCC1CCNC1)c1ccccc1. The summed E-state index contributed by atoms with van der Waals surface area (Å²) in [7, 11) is 0. The number of nitrogens with one attached hydrogen (secondary N) is 2. The lowest BCUT2D eigenvalue weighted by atomic mass is 9.93. The van der Waals surface area contributed by atoms with Gasteiger partial charge in [0.15, 0.2) is 0 Å². The molecule has 0 radical (unpaired) electrons. The van der Waals surface area contributed by atoms with E-state index >= 15 is 0 Å². The quantitative estimate of drug-likeness (QED) is 0.802. The minimum absolute atomic E-state index is 0.187. The van der Waals surface area contributed by atoms with Crippen molar-refractivity contribution in [1.29, 1.82) is 0 Å². The van der Waals surface area contributed by atoms with Crippen molar-refractivity contribution in [3.8, 4) is 0 Å². The van der Waals surface area contributed by atoms with E-state index in [-0.39, 0.29) is 5.91 Å². The largest absolute Gasteiger partial charge is 0.356 e. The topological polar surface area (TPSA) is 41.1 Å². The van der Waals surface area contributed by atoms with E-state index in [1.54, 1.807) is 0 Å². The number of carbonyl (C=O) groups is 1. The van der Waals surface area contributed by atoms with Gasteiger partial charge < -0.3 is 10.6 Å². The van der Waals surface area contributed by atoms with Crippen molar-refractivity contribution >= 4 is 5.91 Å². The van der Waals surface area contributed by atoms with Crippen LogP contribution in [0.4, 0.5) is 0 Å². The highest BCUT2D eigenvalue weighted by Crippen LogP contribution is 2.22. The maximum atomic E-state index is 12.0. The average molecular weight is 274 g/mol. The summed E-state index contributed by atoms with van der Waals surface area (Å²) in [5, 5.41) is 6.44. The molecular weight excluding hydrogens is 248 g/mol. The molecule has 2 N–H and O–H groups in total. The van der Waals surface area contributed by atoms with Gasteiger partial charge in [0.1, 0.15) is 0 Å². The Balaban J connectivity index is 1.72. The molecule has 1 amide bonds. The number of hydrogen-bond acceptors (Lipinski definition) is 2. The smallest absolute Gasteiger partial charge is 0.220 e. The molecule has 1 heterocycles. The Hall–Kier alpha value is -1.35. The maximum absolute atomic E-state index is 12.0. The zero-order chi connectivity index (χ0) is 14.2. The molecule has 1 aliphatic rings. The number of rotatable bonds is 7. The van der Waals surface area contributed by atoms with Crippen LogP contribution in [-0.2, 0) is 4.79 Å². The first-order valence-electron chi connectivity index (χ1n) is 7.82. The van der Waals surface area contributed by atoms with E-state index in [1.165, 1.54) is 12.0 Å². The van der Waals surface area contributed by atoms with E-state index in [9.17, 15) is 4.79 Å². The summed E-state index contributed by atoms with van der Waals surface area (Å²) < 4.78 is 0. The molecular formula is C17H26N2O. The summed E-state index contributed by atoms with van der Waals surface area (Å²) in [6.45, 7) is 5.20. The van der Waals surface area contributed by atoms with Crippen LogP contribution in [0.1, 0.15) is 44.1 Å². The fourth-order valence-electron chi connectivity index (χ4n) is 2.90. The number of hydrogen-bond donors (Lipinski definition) is 2. The number of benzene rings is 1. The molecule has 1 saturated heterocycles. The third-order valence-corrected chi connectivity index (χ3v) is 4.23. The summed E-state index contributed by atoms with van der Waals surface area (Å²) in [4.78, 5) is 12.0. The Kier molecular flexibility index (Phi) is 6.06. The van der Waals surface area contributed by atoms with Crippen LogP contribution in [0.3, 0.4) is 0 Å². The molecule has 3 heteroatoms. The van der Waals surface area contributed by atoms with Gasteiger partial charge in [-0.05, 0) is 49.8 Å². The first-order valence-corrected chi connectivity index (χ1v) is 7.82. The third-order valence-electron chi connectivity index (χ3n) is 4.23. The maximum Gasteiger partial charge on any atom is 0.220 e. The van der Waals surface area contributed by atoms with Gasteiger partial charge in [-0.2, -0.15) is 0 Å². The predicted molar refractivity (Wildman–Crippen MR) is 82.7 cm³/mol. The summed E-state index contributed by atoms with van der Waals surface area (Å²) >= 11 is 0. The van der Waals surface area contributed by atoms with Crippen LogP contribution in [0.5, 0.6) is 0 Å². The minimum atomic E-state index is 0.187. The van der Waals surface area contributed by atoms with Crippen molar-refractivity contribution in [2.45, 2.75) is 38.5 Å². The first-order chi connectivity index (χ1) is 9.79. The zero-order valence-electron chi connectivity index (χ0n) is 12.4. The predicted octanol–water partition coefficient (Wildman–Crippen LogP) is 2.69. The van der Waals surface area contributed by atoms with E-state index in [1.807, 2.05) is 18.2 Å². The molecule has 0 aliphatic carbocycles. The van der Waals surface area contributed by atoms with E-state index in [4.69, 9.17) is 0 Å². The van der Waals surface area contributed by atoms with Gasteiger partial charge in [-0.3, -0.25) is 4.79 Å². The van der Waals surface area contributed by atoms with Gasteiger partial charge in [-0.25, -0.2) is 0 Å². The Morgan fingerprint density at radius 3 is 2.85 bits per heavy atom. The van der Waals surface area contributed by atoms with Crippen LogP contribution < -0.4 is 10.6 Å². The second-order valence-corrected chi connectivity index (χ2v) is 5.72. The van der Waals surface area contributed by atoms with Gasteiger partial charge in [0.05, 0.1) is 0 Å². The molecule has 1 aromatic carbocycles. The van der Waals surface area contributed by atoms with Crippen molar-refractivity contribution in [2.75, 3.05) is 19.6 Å². The van der Waals surface area contributed by atoms with Crippen molar-refractivity contribution in [3.63, 3.8) is 0 Å². The fraction of sp³-hybridized carbons (Fsp3) is 0.588. The summed E-state index contributed by atoms with van der Waals surface area (Å²) in [6.07, 6.45) is 3.95. The highest BCUT2D eigenvalue weighted by atomic mass is 16.1. The van der Waals surface area contributed by atoms with Gasteiger partial charge in [0.25, 0.3) is 0 Å². The number of carbonyl (C=O) groups excluding carboxylic acids is 1. The van der Waals surface area contributed by atoms with Crippen LogP contribution in [0.25, 0.3) is 0 Å². The highest BCUT2D eigenvalue weighted by molar-refractivity contribution is 5.76. The molecule has 2 rings (SSSR count). The minimum Gasteiger partial charge on any atom is -0.356 e. The second kappa shape index (κ2) is 8.05. The van der Waals surface area contributed by atoms with Crippen molar-refractivity contribution < 1.29 is 4.79 Å².